The Labute approximate surface area is 163 Å². The molecule has 0 saturated heterocycles. The van der Waals surface area contributed by atoms with Crippen LogP contribution in [-0.4, -0.2) is 27.5 Å². The number of carbonyl (C=O) groups is 2. The maximum Gasteiger partial charge on any atom is 0.329 e. The van der Waals surface area contributed by atoms with Crippen molar-refractivity contribution in [1.29, 1.82) is 0 Å². The van der Waals surface area contributed by atoms with E-state index in [1.54, 1.807) is 4.57 Å². The highest BCUT2D eigenvalue weighted by molar-refractivity contribution is 5.95. The first-order chi connectivity index (χ1) is 13.4. The van der Waals surface area contributed by atoms with Crippen LogP contribution in [0.3, 0.4) is 0 Å². The SMILES string of the molecule is CCn1c(=O)n(CC(=O)NCC(=O)Nc2c(C)cccc2C)c2ccccc21. The zero-order valence-electron chi connectivity index (χ0n) is 16.3. The summed E-state index contributed by atoms with van der Waals surface area (Å²) in [6, 6.07) is 13.1. The van der Waals surface area contributed by atoms with Gasteiger partial charge in [0.25, 0.3) is 0 Å². The minimum Gasteiger partial charge on any atom is -0.345 e. The number of aryl methyl sites for hydroxylation is 3. The number of anilines is 1. The molecule has 28 heavy (non-hydrogen) atoms. The van der Waals surface area contributed by atoms with Crippen LogP contribution in [0.1, 0.15) is 18.1 Å². The van der Waals surface area contributed by atoms with Crippen LogP contribution >= 0.6 is 0 Å². The summed E-state index contributed by atoms with van der Waals surface area (Å²) in [5.41, 5.74) is 3.92. The molecule has 0 unspecified atom stereocenters. The number of nitrogens with one attached hydrogen (secondary N) is 2. The van der Waals surface area contributed by atoms with Crippen molar-refractivity contribution < 1.29 is 9.59 Å². The van der Waals surface area contributed by atoms with Crippen LogP contribution in [0.5, 0.6) is 0 Å². The van der Waals surface area contributed by atoms with Gasteiger partial charge in [0, 0.05) is 12.2 Å². The van der Waals surface area contributed by atoms with Crippen molar-refractivity contribution in [3.63, 3.8) is 0 Å². The molecular formula is C21H24N4O3. The summed E-state index contributed by atoms with van der Waals surface area (Å²) >= 11 is 0. The van der Waals surface area contributed by atoms with Crippen LogP contribution in [0.15, 0.2) is 47.3 Å². The van der Waals surface area contributed by atoms with Crippen LogP contribution in [-0.2, 0) is 22.7 Å². The number of aromatic nitrogens is 2. The minimum atomic E-state index is -0.391. The number of hydrogen-bond donors (Lipinski definition) is 2. The summed E-state index contributed by atoms with van der Waals surface area (Å²) in [7, 11) is 0. The zero-order valence-corrected chi connectivity index (χ0v) is 16.3. The molecule has 0 aliphatic rings. The maximum atomic E-state index is 12.6. The molecule has 146 valence electrons. The van der Waals surface area contributed by atoms with Gasteiger partial charge in [-0.15, -0.1) is 0 Å². The van der Waals surface area contributed by atoms with Gasteiger partial charge in [-0.1, -0.05) is 30.3 Å². The van der Waals surface area contributed by atoms with E-state index >= 15 is 0 Å². The highest BCUT2D eigenvalue weighted by Gasteiger charge is 2.15. The summed E-state index contributed by atoms with van der Waals surface area (Å²) in [6.45, 7) is 5.94. The first-order valence-corrected chi connectivity index (χ1v) is 9.23. The lowest BCUT2D eigenvalue weighted by atomic mass is 10.1. The molecule has 0 spiro atoms. The lowest BCUT2D eigenvalue weighted by Gasteiger charge is -2.12. The lowest BCUT2D eigenvalue weighted by Crippen LogP contribution is -2.37. The number of carbonyl (C=O) groups excluding carboxylic acids is 2. The van der Waals surface area contributed by atoms with Gasteiger partial charge in [0.15, 0.2) is 0 Å². The van der Waals surface area contributed by atoms with Crippen molar-refractivity contribution in [3.05, 3.63) is 64.1 Å². The fourth-order valence-corrected chi connectivity index (χ4v) is 3.30. The molecule has 0 saturated carbocycles. The van der Waals surface area contributed by atoms with Gasteiger partial charge in [0.1, 0.15) is 6.54 Å². The van der Waals surface area contributed by atoms with Crippen molar-refractivity contribution in [2.75, 3.05) is 11.9 Å². The number of benzene rings is 2. The molecule has 0 bridgehead atoms. The van der Waals surface area contributed by atoms with Crippen molar-refractivity contribution in [2.24, 2.45) is 0 Å². The van der Waals surface area contributed by atoms with Gasteiger partial charge >= 0.3 is 5.69 Å². The number of rotatable bonds is 6. The predicted molar refractivity (Wildman–Crippen MR) is 109 cm³/mol. The molecule has 3 aromatic rings. The van der Waals surface area contributed by atoms with Crippen molar-refractivity contribution in [2.45, 2.75) is 33.9 Å². The first kappa shape index (κ1) is 19.4. The van der Waals surface area contributed by atoms with Crippen molar-refractivity contribution in [1.82, 2.24) is 14.5 Å². The molecule has 0 atom stereocenters. The molecule has 3 rings (SSSR count). The summed E-state index contributed by atoms with van der Waals surface area (Å²) in [5, 5.41) is 5.41. The second-order valence-electron chi connectivity index (χ2n) is 6.69. The van der Waals surface area contributed by atoms with E-state index in [-0.39, 0.29) is 24.7 Å². The lowest BCUT2D eigenvalue weighted by molar-refractivity contribution is -0.124. The third kappa shape index (κ3) is 3.83. The van der Waals surface area contributed by atoms with E-state index in [0.29, 0.717) is 12.1 Å². The normalized spacial score (nSPS) is 10.8. The van der Waals surface area contributed by atoms with E-state index in [2.05, 4.69) is 10.6 Å². The largest absolute Gasteiger partial charge is 0.345 e. The average molecular weight is 380 g/mol. The van der Waals surface area contributed by atoms with Crippen LogP contribution < -0.4 is 16.3 Å². The second-order valence-corrected chi connectivity index (χ2v) is 6.69. The number of amides is 2. The number of hydrogen-bond acceptors (Lipinski definition) is 3. The third-order valence-corrected chi connectivity index (χ3v) is 4.73. The minimum absolute atomic E-state index is 0.136. The van der Waals surface area contributed by atoms with Gasteiger partial charge in [-0.2, -0.15) is 0 Å². The molecule has 2 aromatic carbocycles. The Hall–Kier alpha value is -3.35. The van der Waals surface area contributed by atoms with E-state index < -0.39 is 5.91 Å². The molecule has 7 nitrogen and oxygen atoms in total. The van der Waals surface area contributed by atoms with E-state index in [0.717, 1.165) is 22.3 Å². The van der Waals surface area contributed by atoms with Crippen LogP contribution in [0.4, 0.5) is 5.69 Å². The molecule has 0 aliphatic heterocycles. The maximum absolute atomic E-state index is 12.6. The van der Waals surface area contributed by atoms with Gasteiger partial charge in [-0.3, -0.25) is 18.7 Å². The summed E-state index contributed by atoms with van der Waals surface area (Å²) in [4.78, 5) is 37.1. The second kappa shape index (κ2) is 8.12. The number of fused-ring (bicyclic) bond motifs is 1. The van der Waals surface area contributed by atoms with Gasteiger partial charge in [-0.05, 0) is 44.0 Å². The van der Waals surface area contributed by atoms with E-state index in [4.69, 9.17) is 0 Å². The number of imidazole rings is 1. The van der Waals surface area contributed by atoms with Gasteiger partial charge in [0.2, 0.25) is 11.8 Å². The third-order valence-electron chi connectivity index (χ3n) is 4.73. The quantitative estimate of drug-likeness (QED) is 0.687. The number of para-hydroxylation sites is 3. The molecule has 7 heteroatoms. The monoisotopic (exact) mass is 380 g/mol. The van der Waals surface area contributed by atoms with Gasteiger partial charge in [-0.25, -0.2) is 4.79 Å². The fraction of sp³-hybridized carbons (Fsp3) is 0.286. The van der Waals surface area contributed by atoms with E-state index in [1.807, 2.05) is 63.2 Å². The van der Waals surface area contributed by atoms with E-state index in [1.165, 1.54) is 4.57 Å². The van der Waals surface area contributed by atoms with Crippen LogP contribution in [0.25, 0.3) is 11.0 Å². The molecule has 0 fully saturated rings. The molecule has 0 radical (unpaired) electrons. The Balaban J connectivity index is 1.67. The predicted octanol–water partition coefficient (Wildman–Crippen LogP) is 2.19. The van der Waals surface area contributed by atoms with Crippen molar-refractivity contribution in [3.8, 4) is 0 Å². The Morgan fingerprint density at radius 1 is 0.893 bits per heavy atom. The molecular weight excluding hydrogens is 356 g/mol. The molecule has 1 aromatic heterocycles. The molecule has 0 aliphatic carbocycles. The molecule has 1 heterocycles. The summed E-state index contributed by atoms with van der Waals surface area (Å²) in [5.74, 6) is -0.702. The highest BCUT2D eigenvalue weighted by Crippen LogP contribution is 2.19. The van der Waals surface area contributed by atoms with Crippen LogP contribution in [0.2, 0.25) is 0 Å². The molecule has 2 N–H and O–H groups in total. The summed E-state index contributed by atoms with van der Waals surface area (Å²) in [6.07, 6.45) is 0. The Bertz CT molecular complexity index is 1070. The highest BCUT2D eigenvalue weighted by atomic mass is 16.2. The fourth-order valence-electron chi connectivity index (χ4n) is 3.30. The summed E-state index contributed by atoms with van der Waals surface area (Å²) < 4.78 is 3.05. The average Bonchev–Trinajstić information content (AvgIpc) is 2.94. The Morgan fingerprint density at radius 3 is 2.11 bits per heavy atom. The smallest absolute Gasteiger partial charge is 0.329 e. The Kier molecular flexibility index (Phi) is 5.63. The first-order valence-electron chi connectivity index (χ1n) is 9.23. The van der Waals surface area contributed by atoms with Gasteiger partial charge in [0.05, 0.1) is 17.6 Å². The van der Waals surface area contributed by atoms with E-state index in [9.17, 15) is 14.4 Å². The van der Waals surface area contributed by atoms with Gasteiger partial charge < -0.3 is 10.6 Å². The van der Waals surface area contributed by atoms with Crippen molar-refractivity contribution >= 4 is 28.5 Å². The topological polar surface area (TPSA) is 85.1 Å². The number of nitrogens with zero attached hydrogens (tertiary/aromatic N) is 2. The van der Waals surface area contributed by atoms with Crippen LogP contribution in [0, 0.1) is 13.8 Å². The Morgan fingerprint density at radius 2 is 1.50 bits per heavy atom. The zero-order chi connectivity index (χ0) is 20.3. The molecule has 2 amide bonds. The standard InChI is InChI=1S/C21H24N4O3/c1-4-24-16-10-5-6-11-17(16)25(21(24)28)13-19(27)22-12-18(26)23-20-14(2)8-7-9-15(20)3/h5-11H,4,12-13H2,1-3H3,(H,22,27)(H,23,26).